The molecule has 0 bridgehead atoms. The summed E-state index contributed by atoms with van der Waals surface area (Å²) in [4.78, 5) is 0. The Balaban J connectivity index is 2.28. The molecule has 1 heterocycles. The van der Waals surface area contributed by atoms with E-state index in [9.17, 15) is 0 Å². The molecule has 0 aromatic carbocycles. The number of hydrogen-bond donors (Lipinski definition) is 2. The Kier molecular flexibility index (Phi) is 2.93. The first-order valence-electron chi connectivity index (χ1n) is 3.27. The zero-order valence-corrected chi connectivity index (χ0v) is 5.43. The van der Waals surface area contributed by atoms with Crippen LogP contribution in [0, 0.1) is 0 Å². The van der Waals surface area contributed by atoms with Crippen LogP contribution < -0.4 is 10.6 Å². The fraction of sp³-hybridized carbons (Fsp3) is 0.429. The Hall–Kier alpha value is -0.760. The molecule has 0 saturated heterocycles. The van der Waals surface area contributed by atoms with Crippen molar-refractivity contribution < 1.29 is 0 Å². The highest BCUT2D eigenvalue weighted by Crippen LogP contribution is 1.81. The van der Waals surface area contributed by atoms with Crippen LogP contribution in [0.4, 0.5) is 0 Å². The van der Waals surface area contributed by atoms with Crippen molar-refractivity contribution >= 4 is 0 Å². The lowest BCUT2D eigenvalue weighted by Gasteiger charge is -1.93. The van der Waals surface area contributed by atoms with Gasteiger partial charge < -0.3 is 10.6 Å². The van der Waals surface area contributed by atoms with Gasteiger partial charge in [0.1, 0.15) is 0 Å². The summed E-state index contributed by atoms with van der Waals surface area (Å²) in [6, 6.07) is 0. The van der Waals surface area contributed by atoms with Crippen LogP contribution in [0.1, 0.15) is 6.42 Å². The molecular formula is C7H12N2. The summed E-state index contributed by atoms with van der Waals surface area (Å²) < 4.78 is 0. The van der Waals surface area contributed by atoms with Crippen molar-refractivity contribution in [3.8, 4) is 0 Å². The zero-order valence-electron chi connectivity index (χ0n) is 5.43. The van der Waals surface area contributed by atoms with Crippen LogP contribution in [0.3, 0.4) is 0 Å². The average Bonchev–Trinajstić information content (AvgIpc) is 2.00. The standard InChI is InChI=1S/C7H12N2/c1-2-5-9-7-3-6-8-4-1/h1,3-4,6,8-9H,2,5,7H2/b4-1?,6-3-. The molecule has 0 aromatic rings. The summed E-state index contributed by atoms with van der Waals surface area (Å²) in [6.07, 6.45) is 9.19. The Morgan fingerprint density at radius 1 is 1.11 bits per heavy atom. The third-order valence-corrected chi connectivity index (χ3v) is 1.18. The molecule has 0 radical (unpaired) electrons. The van der Waals surface area contributed by atoms with Crippen molar-refractivity contribution in [2.24, 2.45) is 0 Å². The number of nitrogens with one attached hydrogen (secondary N) is 2. The summed E-state index contributed by atoms with van der Waals surface area (Å²) in [7, 11) is 0. The second-order valence-electron chi connectivity index (χ2n) is 1.96. The van der Waals surface area contributed by atoms with Crippen molar-refractivity contribution in [1.82, 2.24) is 10.6 Å². The van der Waals surface area contributed by atoms with Gasteiger partial charge in [-0.25, -0.2) is 0 Å². The van der Waals surface area contributed by atoms with Crippen LogP contribution in [0.2, 0.25) is 0 Å². The van der Waals surface area contributed by atoms with E-state index in [1.54, 1.807) is 0 Å². The van der Waals surface area contributed by atoms with Crippen LogP contribution in [0.25, 0.3) is 0 Å². The number of hydrogen-bond acceptors (Lipinski definition) is 2. The monoisotopic (exact) mass is 124 g/mol. The van der Waals surface area contributed by atoms with E-state index in [1.165, 1.54) is 0 Å². The maximum Gasteiger partial charge on any atom is 0.0152 e. The average molecular weight is 124 g/mol. The van der Waals surface area contributed by atoms with E-state index in [-0.39, 0.29) is 0 Å². The van der Waals surface area contributed by atoms with E-state index in [2.05, 4.69) is 22.8 Å². The molecule has 1 rings (SSSR count). The minimum absolute atomic E-state index is 0.967. The molecule has 2 heteroatoms. The first kappa shape index (κ1) is 6.36. The normalized spacial score (nSPS) is 23.1. The lowest BCUT2D eigenvalue weighted by molar-refractivity contribution is 0.758. The van der Waals surface area contributed by atoms with Crippen LogP contribution in [-0.4, -0.2) is 13.1 Å². The van der Waals surface area contributed by atoms with Gasteiger partial charge in [-0.05, 0) is 25.4 Å². The Morgan fingerprint density at radius 3 is 3.00 bits per heavy atom. The van der Waals surface area contributed by atoms with Gasteiger partial charge in [0, 0.05) is 6.54 Å². The predicted octanol–water partition coefficient (Wildman–Crippen LogP) is 0.597. The summed E-state index contributed by atoms with van der Waals surface area (Å²) in [5.41, 5.74) is 0. The van der Waals surface area contributed by atoms with Crippen molar-refractivity contribution in [3.05, 3.63) is 24.6 Å². The third-order valence-electron chi connectivity index (χ3n) is 1.18. The maximum atomic E-state index is 3.25. The SMILES string of the molecule is C1=CN/C=C\CNCC1. The van der Waals surface area contributed by atoms with E-state index >= 15 is 0 Å². The van der Waals surface area contributed by atoms with Gasteiger partial charge in [-0.1, -0.05) is 12.2 Å². The lowest BCUT2D eigenvalue weighted by Crippen LogP contribution is -2.13. The summed E-state index contributed by atoms with van der Waals surface area (Å²) in [5, 5.41) is 6.28. The quantitative estimate of drug-likeness (QED) is 0.494. The van der Waals surface area contributed by atoms with E-state index in [4.69, 9.17) is 0 Å². The first-order chi connectivity index (χ1) is 4.50. The zero-order chi connectivity index (χ0) is 6.36. The highest BCUT2D eigenvalue weighted by molar-refractivity contribution is 4.91. The van der Waals surface area contributed by atoms with Crippen LogP contribution in [-0.2, 0) is 0 Å². The molecule has 0 amide bonds. The van der Waals surface area contributed by atoms with E-state index in [1.807, 2.05) is 12.4 Å². The minimum atomic E-state index is 0.967. The second-order valence-corrected chi connectivity index (χ2v) is 1.96. The summed E-state index contributed by atoms with van der Waals surface area (Å²) in [6.45, 7) is 2.04. The molecule has 0 unspecified atom stereocenters. The predicted molar refractivity (Wildman–Crippen MR) is 38.9 cm³/mol. The van der Waals surface area contributed by atoms with Gasteiger partial charge >= 0.3 is 0 Å². The van der Waals surface area contributed by atoms with E-state index in [0.29, 0.717) is 0 Å². The van der Waals surface area contributed by atoms with Crippen molar-refractivity contribution in [2.45, 2.75) is 6.42 Å². The van der Waals surface area contributed by atoms with Gasteiger partial charge in [-0.15, -0.1) is 0 Å². The molecule has 1 aliphatic rings. The molecule has 0 saturated carbocycles. The smallest absolute Gasteiger partial charge is 0.0152 e. The Labute approximate surface area is 55.6 Å². The van der Waals surface area contributed by atoms with Crippen molar-refractivity contribution in [3.63, 3.8) is 0 Å². The molecule has 0 atom stereocenters. The van der Waals surface area contributed by atoms with E-state index in [0.717, 1.165) is 19.5 Å². The van der Waals surface area contributed by atoms with Gasteiger partial charge in [0.15, 0.2) is 0 Å². The highest BCUT2D eigenvalue weighted by atomic mass is 14.9. The lowest BCUT2D eigenvalue weighted by atomic mass is 10.4. The molecule has 0 fully saturated rings. The van der Waals surface area contributed by atoms with Crippen LogP contribution in [0.5, 0.6) is 0 Å². The highest BCUT2D eigenvalue weighted by Gasteiger charge is 1.81. The van der Waals surface area contributed by atoms with Gasteiger partial charge in [-0.3, -0.25) is 0 Å². The molecule has 0 spiro atoms. The summed E-state index contributed by atoms with van der Waals surface area (Å²) >= 11 is 0. The fourth-order valence-electron chi connectivity index (χ4n) is 0.705. The molecular weight excluding hydrogens is 112 g/mol. The van der Waals surface area contributed by atoms with Crippen LogP contribution >= 0.6 is 0 Å². The third kappa shape index (κ3) is 2.93. The largest absolute Gasteiger partial charge is 0.368 e. The van der Waals surface area contributed by atoms with Gasteiger partial charge in [-0.2, -0.15) is 0 Å². The van der Waals surface area contributed by atoms with Crippen molar-refractivity contribution in [1.29, 1.82) is 0 Å². The maximum absolute atomic E-state index is 3.25. The van der Waals surface area contributed by atoms with Crippen molar-refractivity contribution in [2.75, 3.05) is 13.1 Å². The van der Waals surface area contributed by atoms with Gasteiger partial charge in [0.25, 0.3) is 0 Å². The molecule has 0 aliphatic carbocycles. The topological polar surface area (TPSA) is 24.1 Å². The minimum Gasteiger partial charge on any atom is -0.368 e. The molecule has 2 N–H and O–H groups in total. The fourth-order valence-corrected chi connectivity index (χ4v) is 0.705. The molecule has 2 nitrogen and oxygen atoms in total. The molecule has 0 aromatic heterocycles. The van der Waals surface area contributed by atoms with Gasteiger partial charge in [0.2, 0.25) is 0 Å². The summed E-state index contributed by atoms with van der Waals surface area (Å²) in [5.74, 6) is 0. The second kappa shape index (κ2) is 4.15. The first-order valence-corrected chi connectivity index (χ1v) is 3.27. The Bertz CT molecular complexity index is 102. The molecule has 50 valence electrons. The molecule has 1 aliphatic heterocycles. The number of rotatable bonds is 0. The van der Waals surface area contributed by atoms with E-state index < -0.39 is 0 Å². The van der Waals surface area contributed by atoms with Gasteiger partial charge in [0.05, 0.1) is 0 Å². The Morgan fingerprint density at radius 2 is 2.00 bits per heavy atom. The van der Waals surface area contributed by atoms with Crippen LogP contribution in [0.15, 0.2) is 24.6 Å². The molecule has 9 heavy (non-hydrogen) atoms.